The van der Waals surface area contributed by atoms with Crippen LogP contribution in [-0.2, 0) is 14.4 Å². The number of hydrogen-bond donors (Lipinski definition) is 0. The highest BCUT2D eigenvalue weighted by atomic mass is 32.2. The maximum Gasteiger partial charge on any atom is 0.358 e. The summed E-state index contributed by atoms with van der Waals surface area (Å²) in [4.78, 5) is -0.0108. The zero-order valence-electron chi connectivity index (χ0n) is 13.9. The fourth-order valence-electron chi connectivity index (χ4n) is 2.08. The van der Waals surface area contributed by atoms with Crippen LogP contribution in [0.5, 0.6) is 11.5 Å². The summed E-state index contributed by atoms with van der Waals surface area (Å²) in [6, 6.07) is 12.8. The molecule has 130 valence electrons. The minimum absolute atomic E-state index is 0.0108. The third kappa shape index (κ3) is 4.08. The number of methoxy groups -OCH3 is 2. The van der Waals surface area contributed by atoms with Crippen molar-refractivity contribution in [3.8, 4) is 17.6 Å². The minimum atomic E-state index is -4.13. The molecule has 0 fully saturated rings. The Morgan fingerprint density at radius 1 is 1.08 bits per heavy atom. The van der Waals surface area contributed by atoms with Gasteiger partial charge in [0.05, 0.1) is 14.2 Å². The number of nitriles is 1. The molecular formula is C17H16N2O5S. The molecule has 0 aliphatic rings. The van der Waals surface area contributed by atoms with Gasteiger partial charge in [-0.1, -0.05) is 23.4 Å². The van der Waals surface area contributed by atoms with Gasteiger partial charge in [-0.15, -0.1) is 0 Å². The van der Waals surface area contributed by atoms with E-state index in [-0.39, 0.29) is 10.6 Å². The number of oxime groups is 1. The second-order valence-corrected chi connectivity index (χ2v) is 6.41. The molecule has 0 amide bonds. The Morgan fingerprint density at radius 2 is 1.76 bits per heavy atom. The van der Waals surface area contributed by atoms with Gasteiger partial charge in [0.2, 0.25) is 0 Å². The van der Waals surface area contributed by atoms with Crippen LogP contribution in [0.25, 0.3) is 0 Å². The molecule has 0 aliphatic carbocycles. The first-order chi connectivity index (χ1) is 11.9. The van der Waals surface area contributed by atoms with Crippen molar-refractivity contribution in [2.45, 2.75) is 11.8 Å². The molecule has 8 heteroatoms. The van der Waals surface area contributed by atoms with E-state index >= 15 is 0 Å². The summed E-state index contributed by atoms with van der Waals surface area (Å²) in [7, 11) is -1.20. The fraction of sp³-hybridized carbons (Fsp3) is 0.176. The van der Waals surface area contributed by atoms with Crippen LogP contribution in [0.3, 0.4) is 0 Å². The molecule has 0 unspecified atom stereocenters. The highest BCUT2D eigenvalue weighted by molar-refractivity contribution is 7.86. The molecule has 0 aliphatic heterocycles. The Kier molecular flexibility index (Phi) is 5.62. The van der Waals surface area contributed by atoms with Gasteiger partial charge in [-0.3, -0.25) is 4.28 Å². The summed E-state index contributed by atoms with van der Waals surface area (Å²) in [6.45, 7) is 1.64. The first kappa shape index (κ1) is 18.3. The topological polar surface area (TPSA) is 98.0 Å². The van der Waals surface area contributed by atoms with Gasteiger partial charge in [0.25, 0.3) is 0 Å². The number of rotatable bonds is 6. The van der Waals surface area contributed by atoms with Gasteiger partial charge in [-0.25, -0.2) is 0 Å². The summed E-state index contributed by atoms with van der Waals surface area (Å²) in [6.07, 6.45) is 0. The summed E-state index contributed by atoms with van der Waals surface area (Å²) in [5.74, 6) is 0.849. The largest absolute Gasteiger partial charge is 0.493 e. The van der Waals surface area contributed by atoms with Gasteiger partial charge in [0.15, 0.2) is 17.2 Å². The summed E-state index contributed by atoms with van der Waals surface area (Å²) < 4.78 is 39.5. The second kappa shape index (κ2) is 7.68. The predicted octanol–water partition coefficient (Wildman–Crippen LogP) is 2.65. The van der Waals surface area contributed by atoms with Crippen molar-refractivity contribution >= 4 is 15.8 Å². The van der Waals surface area contributed by atoms with E-state index in [4.69, 9.17) is 13.8 Å². The Morgan fingerprint density at radius 3 is 2.36 bits per heavy atom. The third-order valence-corrected chi connectivity index (χ3v) is 4.62. The average molecular weight is 360 g/mol. The van der Waals surface area contributed by atoms with Crippen LogP contribution >= 0.6 is 0 Å². The lowest BCUT2D eigenvalue weighted by Crippen LogP contribution is -2.07. The van der Waals surface area contributed by atoms with Gasteiger partial charge >= 0.3 is 10.1 Å². The molecule has 7 nitrogen and oxygen atoms in total. The van der Waals surface area contributed by atoms with Gasteiger partial charge in [0.1, 0.15) is 11.0 Å². The first-order valence-electron chi connectivity index (χ1n) is 7.12. The van der Waals surface area contributed by atoms with E-state index < -0.39 is 10.1 Å². The number of nitrogens with zero attached hydrogens (tertiary/aromatic N) is 2. The summed E-state index contributed by atoms with van der Waals surface area (Å²) >= 11 is 0. The molecule has 0 saturated heterocycles. The van der Waals surface area contributed by atoms with Gasteiger partial charge in [0, 0.05) is 5.56 Å². The molecule has 0 bridgehead atoms. The Balaban J connectivity index is 2.36. The molecule has 0 aromatic heterocycles. The van der Waals surface area contributed by atoms with E-state index in [0.29, 0.717) is 22.6 Å². The van der Waals surface area contributed by atoms with Gasteiger partial charge in [-0.05, 0) is 36.8 Å². The van der Waals surface area contributed by atoms with Gasteiger partial charge in [-0.2, -0.15) is 13.7 Å². The van der Waals surface area contributed by atoms with Crippen molar-refractivity contribution in [3.05, 3.63) is 53.6 Å². The van der Waals surface area contributed by atoms with Crippen LogP contribution in [0.15, 0.2) is 52.5 Å². The minimum Gasteiger partial charge on any atom is -0.493 e. The lowest BCUT2D eigenvalue weighted by Gasteiger charge is -2.08. The van der Waals surface area contributed by atoms with Crippen molar-refractivity contribution in [2.24, 2.45) is 5.16 Å². The van der Waals surface area contributed by atoms with E-state index in [9.17, 15) is 13.7 Å². The smallest absolute Gasteiger partial charge is 0.358 e. The van der Waals surface area contributed by atoms with Crippen molar-refractivity contribution in [1.29, 1.82) is 5.26 Å². The molecule has 2 aromatic rings. The molecule has 0 heterocycles. The number of benzene rings is 2. The lowest BCUT2D eigenvalue weighted by molar-refractivity contribution is 0.339. The molecule has 2 aromatic carbocycles. The quantitative estimate of drug-likeness (QED) is 0.580. The number of hydrogen-bond acceptors (Lipinski definition) is 7. The van der Waals surface area contributed by atoms with Crippen LogP contribution < -0.4 is 9.47 Å². The van der Waals surface area contributed by atoms with E-state index in [1.807, 2.05) is 6.07 Å². The number of ether oxygens (including phenoxy) is 2. The highest BCUT2D eigenvalue weighted by Gasteiger charge is 2.19. The molecular weight excluding hydrogens is 344 g/mol. The van der Waals surface area contributed by atoms with Crippen molar-refractivity contribution in [3.63, 3.8) is 0 Å². The van der Waals surface area contributed by atoms with Crippen molar-refractivity contribution in [2.75, 3.05) is 14.2 Å². The zero-order chi connectivity index (χ0) is 18.4. The van der Waals surface area contributed by atoms with E-state index in [1.165, 1.54) is 26.4 Å². The first-order valence-corrected chi connectivity index (χ1v) is 8.53. The zero-order valence-corrected chi connectivity index (χ0v) is 14.7. The SMILES string of the molecule is COc1ccc(/C(C#N)=N/OS(=O)(=O)c2ccccc2C)cc1OC. The van der Waals surface area contributed by atoms with Crippen molar-refractivity contribution in [1.82, 2.24) is 0 Å². The van der Waals surface area contributed by atoms with E-state index in [0.717, 1.165) is 0 Å². The van der Waals surface area contributed by atoms with Crippen LogP contribution in [-0.4, -0.2) is 28.3 Å². The van der Waals surface area contributed by atoms with E-state index in [1.54, 1.807) is 37.3 Å². The summed E-state index contributed by atoms with van der Waals surface area (Å²) in [5, 5.41) is 12.8. The average Bonchev–Trinajstić information content (AvgIpc) is 2.62. The number of aryl methyl sites for hydroxylation is 1. The third-order valence-electron chi connectivity index (χ3n) is 3.35. The maximum absolute atomic E-state index is 12.2. The van der Waals surface area contributed by atoms with Crippen LogP contribution in [0.4, 0.5) is 0 Å². The van der Waals surface area contributed by atoms with E-state index in [2.05, 4.69) is 5.16 Å². The highest BCUT2D eigenvalue weighted by Crippen LogP contribution is 2.28. The molecule has 0 spiro atoms. The van der Waals surface area contributed by atoms with Crippen molar-refractivity contribution < 1.29 is 22.2 Å². The molecule has 0 saturated carbocycles. The molecule has 0 radical (unpaired) electrons. The Labute approximate surface area is 146 Å². The normalized spacial score (nSPS) is 11.5. The fourth-order valence-corrected chi connectivity index (χ4v) is 3.05. The monoisotopic (exact) mass is 360 g/mol. The molecule has 0 atom stereocenters. The second-order valence-electron chi connectivity index (χ2n) is 4.92. The Bertz CT molecular complexity index is 946. The van der Waals surface area contributed by atoms with Gasteiger partial charge < -0.3 is 9.47 Å². The lowest BCUT2D eigenvalue weighted by atomic mass is 10.1. The summed E-state index contributed by atoms with van der Waals surface area (Å²) in [5.41, 5.74) is 0.639. The maximum atomic E-state index is 12.2. The standard InChI is InChI=1S/C17H16N2O5S/c1-12-6-4-5-7-17(12)25(20,21)24-19-14(11-18)13-8-9-15(22-2)16(10-13)23-3/h4-10H,1-3H3/b19-14+. The predicted molar refractivity (Wildman–Crippen MR) is 91.1 cm³/mol. The molecule has 2 rings (SSSR count). The van der Waals surface area contributed by atoms with Crippen LogP contribution in [0, 0.1) is 18.3 Å². The Hall–Kier alpha value is -3.05. The molecule has 25 heavy (non-hydrogen) atoms. The van der Waals surface area contributed by atoms with Crippen LogP contribution in [0.2, 0.25) is 0 Å². The van der Waals surface area contributed by atoms with Crippen LogP contribution in [0.1, 0.15) is 11.1 Å². The molecule has 0 N–H and O–H groups in total.